The zero-order chi connectivity index (χ0) is 14.1. The molecular formula is C13H20N6O. The molecule has 0 radical (unpaired) electrons. The Hall–Kier alpha value is -1.73. The molecule has 0 spiro atoms. The fourth-order valence-electron chi connectivity index (χ4n) is 2.81. The SMILES string of the molecule is Cc1n[nH]c(C)c1C1COCCN1Cc1cnn(C)n1. The second-order valence-corrected chi connectivity index (χ2v) is 5.23. The van der Waals surface area contributed by atoms with Crippen LogP contribution in [0.3, 0.4) is 0 Å². The summed E-state index contributed by atoms with van der Waals surface area (Å²) in [7, 11) is 1.84. The first-order valence-corrected chi connectivity index (χ1v) is 6.83. The van der Waals surface area contributed by atoms with E-state index in [1.165, 1.54) is 5.56 Å². The van der Waals surface area contributed by atoms with Gasteiger partial charge in [0.05, 0.1) is 36.8 Å². The van der Waals surface area contributed by atoms with E-state index in [9.17, 15) is 0 Å². The van der Waals surface area contributed by atoms with Gasteiger partial charge in [-0.15, -0.1) is 0 Å². The van der Waals surface area contributed by atoms with Gasteiger partial charge in [0.25, 0.3) is 0 Å². The molecule has 2 aromatic heterocycles. The smallest absolute Gasteiger partial charge is 0.0967 e. The van der Waals surface area contributed by atoms with Crippen molar-refractivity contribution < 1.29 is 4.74 Å². The molecule has 0 bridgehead atoms. The maximum absolute atomic E-state index is 5.66. The average molecular weight is 276 g/mol. The molecule has 3 heterocycles. The third kappa shape index (κ3) is 2.46. The number of nitrogens with zero attached hydrogens (tertiary/aromatic N) is 5. The molecule has 1 aliphatic heterocycles. The first-order valence-electron chi connectivity index (χ1n) is 6.83. The molecule has 7 nitrogen and oxygen atoms in total. The molecule has 108 valence electrons. The van der Waals surface area contributed by atoms with Crippen molar-refractivity contribution in [2.24, 2.45) is 7.05 Å². The fraction of sp³-hybridized carbons (Fsp3) is 0.615. The number of rotatable bonds is 3. The van der Waals surface area contributed by atoms with Crippen LogP contribution in [0.5, 0.6) is 0 Å². The highest BCUT2D eigenvalue weighted by atomic mass is 16.5. The lowest BCUT2D eigenvalue weighted by Crippen LogP contribution is -2.39. The van der Waals surface area contributed by atoms with Crippen LogP contribution in [0.15, 0.2) is 6.20 Å². The number of aryl methyl sites for hydroxylation is 3. The lowest BCUT2D eigenvalue weighted by molar-refractivity contribution is -0.0137. The van der Waals surface area contributed by atoms with Gasteiger partial charge in [-0.3, -0.25) is 10.00 Å². The fourth-order valence-corrected chi connectivity index (χ4v) is 2.81. The standard InChI is InChI=1S/C13H20N6O/c1-9-13(10(2)16-15-9)12-8-20-5-4-19(12)7-11-6-14-18(3)17-11/h6,12H,4-5,7-8H2,1-3H3,(H,15,16). The number of aromatic amines is 1. The number of morpholine rings is 1. The van der Waals surface area contributed by atoms with E-state index in [-0.39, 0.29) is 6.04 Å². The Morgan fingerprint density at radius 3 is 2.95 bits per heavy atom. The van der Waals surface area contributed by atoms with Crippen molar-refractivity contribution in [1.29, 1.82) is 0 Å². The monoisotopic (exact) mass is 276 g/mol. The zero-order valence-electron chi connectivity index (χ0n) is 12.1. The Bertz CT molecular complexity index is 570. The predicted molar refractivity (Wildman–Crippen MR) is 73.0 cm³/mol. The second kappa shape index (κ2) is 5.34. The molecule has 1 N–H and O–H groups in total. The summed E-state index contributed by atoms with van der Waals surface area (Å²) in [5.74, 6) is 0. The Morgan fingerprint density at radius 1 is 1.45 bits per heavy atom. The van der Waals surface area contributed by atoms with Crippen molar-refractivity contribution in [1.82, 2.24) is 30.1 Å². The minimum Gasteiger partial charge on any atom is -0.378 e. The van der Waals surface area contributed by atoms with Crippen LogP contribution in [0, 0.1) is 13.8 Å². The number of aromatic nitrogens is 5. The van der Waals surface area contributed by atoms with Gasteiger partial charge in [-0.1, -0.05) is 0 Å². The summed E-state index contributed by atoms with van der Waals surface area (Å²) in [6, 6.07) is 0.226. The van der Waals surface area contributed by atoms with Crippen LogP contribution in [0.1, 0.15) is 28.7 Å². The summed E-state index contributed by atoms with van der Waals surface area (Å²) in [6.45, 7) is 7.23. The van der Waals surface area contributed by atoms with Gasteiger partial charge in [-0.2, -0.15) is 20.1 Å². The topological polar surface area (TPSA) is 71.9 Å². The minimum atomic E-state index is 0.226. The van der Waals surface area contributed by atoms with Crippen molar-refractivity contribution >= 4 is 0 Å². The van der Waals surface area contributed by atoms with E-state index < -0.39 is 0 Å². The molecule has 0 saturated carbocycles. The first-order chi connectivity index (χ1) is 9.65. The molecule has 1 unspecified atom stereocenters. The van der Waals surface area contributed by atoms with E-state index in [1.807, 2.05) is 20.2 Å². The highest BCUT2D eigenvalue weighted by Crippen LogP contribution is 2.29. The Balaban J connectivity index is 1.84. The highest BCUT2D eigenvalue weighted by Gasteiger charge is 2.29. The van der Waals surface area contributed by atoms with Crippen LogP contribution in [-0.4, -0.2) is 49.8 Å². The quantitative estimate of drug-likeness (QED) is 0.894. The van der Waals surface area contributed by atoms with Crippen molar-refractivity contribution in [3.05, 3.63) is 28.8 Å². The van der Waals surface area contributed by atoms with Crippen LogP contribution >= 0.6 is 0 Å². The van der Waals surface area contributed by atoms with Gasteiger partial charge >= 0.3 is 0 Å². The summed E-state index contributed by atoms with van der Waals surface area (Å²) in [4.78, 5) is 3.98. The van der Waals surface area contributed by atoms with E-state index in [0.717, 1.165) is 36.8 Å². The molecule has 7 heteroatoms. The van der Waals surface area contributed by atoms with Crippen molar-refractivity contribution in [2.75, 3.05) is 19.8 Å². The highest BCUT2D eigenvalue weighted by molar-refractivity contribution is 5.27. The molecule has 3 rings (SSSR count). The molecule has 0 aromatic carbocycles. The molecule has 0 aliphatic carbocycles. The molecule has 2 aromatic rings. The van der Waals surface area contributed by atoms with Gasteiger partial charge in [-0.05, 0) is 13.8 Å². The van der Waals surface area contributed by atoms with Gasteiger partial charge in [-0.25, -0.2) is 0 Å². The lowest BCUT2D eigenvalue weighted by atomic mass is 10.0. The number of hydrogen-bond donors (Lipinski definition) is 1. The Labute approximate surface area is 117 Å². The first kappa shape index (κ1) is 13.3. The predicted octanol–water partition coefficient (Wildman–Crippen LogP) is 0.729. The third-order valence-corrected chi connectivity index (χ3v) is 3.77. The maximum atomic E-state index is 5.66. The summed E-state index contributed by atoms with van der Waals surface area (Å²) in [5, 5.41) is 15.9. The van der Waals surface area contributed by atoms with E-state index in [1.54, 1.807) is 4.80 Å². The van der Waals surface area contributed by atoms with Crippen LogP contribution in [0.4, 0.5) is 0 Å². The van der Waals surface area contributed by atoms with Crippen LogP contribution in [-0.2, 0) is 18.3 Å². The largest absolute Gasteiger partial charge is 0.378 e. The van der Waals surface area contributed by atoms with Gasteiger partial charge in [0.2, 0.25) is 0 Å². The number of ether oxygens (including phenoxy) is 1. The summed E-state index contributed by atoms with van der Waals surface area (Å²) >= 11 is 0. The molecule has 1 saturated heterocycles. The van der Waals surface area contributed by atoms with E-state index in [0.29, 0.717) is 6.61 Å². The van der Waals surface area contributed by atoms with Crippen LogP contribution in [0.25, 0.3) is 0 Å². The second-order valence-electron chi connectivity index (χ2n) is 5.23. The van der Waals surface area contributed by atoms with E-state index in [4.69, 9.17) is 4.74 Å². The van der Waals surface area contributed by atoms with E-state index in [2.05, 4.69) is 32.2 Å². The molecular weight excluding hydrogens is 256 g/mol. The average Bonchev–Trinajstić information content (AvgIpc) is 2.98. The number of nitrogens with one attached hydrogen (secondary N) is 1. The van der Waals surface area contributed by atoms with Gasteiger partial charge in [0, 0.05) is 31.4 Å². The third-order valence-electron chi connectivity index (χ3n) is 3.77. The van der Waals surface area contributed by atoms with Crippen LogP contribution < -0.4 is 0 Å². The van der Waals surface area contributed by atoms with Gasteiger partial charge < -0.3 is 4.74 Å². The summed E-state index contributed by atoms with van der Waals surface area (Å²) < 4.78 is 5.66. The van der Waals surface area contributed by atoms with Crippen LogP contribution in [0.2, 0.25) is 0 Å². The minimum absolute atomic E-state index is 0.226. The Morgan fingerprint density at radius 2 is 2.30 bits per heavy atom. The zero-order valence-corrected chi connectivity index (χ0v) is 12.1. The van der Waals surface area contributed by atoms with Crippen molar-refractivity contribution in [3.63, 3.8) is 0 Å². The number of hydrogen-bond acceptors (Lipinski definition) is 5. The number of H-pyrrole nitrogens is 1. The molecule has 1 atom stereocenters. The molecule has 20 heavy (non-hydrogen) atoms. The molecule has 0 amide bonds. The summed E-state index contributed by atoms with van der Waals surface area (Å²) in [6.07, 6.45) is 1.82. The maximum Gasteiger partial charge on any atom is 0.0967 e. The lowest BCUT2D eigenvalue weighted by Gasteiger charge is -2.35. The van der Waals surface area contributed by atoms with Gasteiger partial charge in [0.1, 0.15) is 0 Å². The molecule has 1 aliphatic rings. The van der Waals surface area contributed by atoms with Crippen molar-refractivity contribution in [3.8, 4) is 0 Å². The summed E-state index contributed by atoms with van der Waals surface area (Å²) in [5.41, 5.74) is 4.39. The van der Waals surface area contributed by atoms with Crippen molar-refractivity contribution in [2.45, 2.75) is 26.4 Å². The molecule has 1 fully saturated rings. The van der Waals surface area contributed by atoms with Gasteiger partial charge in [0.15, 0.2) is 0 Å². The Kier molecular flexibility index (Phi) is 3.54. The van der Waals surface area contributed by atoms with E-state index >= 15 is 0 Å². The normalized spacial score (nSPS) is 20.4.